The molecule has 2 rings (SSSR count). The van der Waals surface area contributed by atoms with Gasteiger partial charge in [-0.2, -0.15) is 5.10 Å². The van der Waals surface area contributed by atoms with Gasteiger partial charge in [-0.1, -0.05) is 0 Å². The number of nitrogens with one attached hydrogen (secondary N) is 2. The average molecular weight is 195 g/mol. The van der Waals surface area contributed by atoms with Crippen molar-refractivity contribution < 1.29 is 4.74 Å². The Labute approximate surface area is 84.0 Å². The van der Waals surface area contributed by atoms with Crippen molar-refractivity contribution in [3.8, 4) is 0 Å². The molecule has 1 fully saturated rings. The minimum Gasteiger partial charge on any atom is -0.381 e. The van der Waals surface area contributed by atoms with Gasteiger partial charge in [0.15, 0.2) is 0 Å². The van der Waals surface area contributed by atoms with Crippen molar-refractivity contribution in [1.82, 2.24) is 15.5 Å². The van der Waals surface area contributed by atoms with E-state index in [1.54, 1.807) is 0 Å². The predicted molar refractivity (Wildman–Crippen MR) is 53.9 cm³/mol. The van der Waals surface area contributed by atoms with E-state index in [2.05, 4.69) is 22.4 Å². The molecule has 1 aromatic rings. The zero-order chi connectivity index (χ0) is 9.80. The van der Waals surface area contributed by atoms with Crippen LogP contribution in [-0.4, -0.2) is 30.0 Å². The second-order valence-corrected chi connectivity index (χ2v) is 3.89. The third-order valence-corrected chi connectivity index (χ3v) is 2.76. The molecule has 1 saturated heterocycles. The third kappa shape index (κ3) is 2.33. The maximum atomic E-state index is 5.32. The highest BCUT2D eigenvalue weighted by atomic mass is 16.5. The van der Waals surface area contributed by atoms with Gasteiger partial charge in [-0.05, 0) is 19.3 Å². The first kappa shape index (κ1) is 9.68. The number of hydrogen-bond acceptors (Lipinski definition) is 3. The topological polar surface area (TPSA) is 49.9 Å². The third-order valence-electron chi connectivity index (χ3n) is 2.76. The van der Waals surface area contributed by atoms with Crippen molar-refractivity contribution >= 4 is 0 Å². The maximum Gasteiger partial charge on any atom is 0.0534 e. The largest absolute Gasteiger partial charge is 0.381 e. The SMILES string of the molecule is CC(NCC1CCOC1)c1cn[nH]c1. The Morgan fingerprint density at radius 1 is 1.79 bits per heavy atom. The second kappa shape index (κ2) is 4.57. The van der Waals surface area contributed by atoms with Crippen LogP contribution in [-0.2, 0) is 4.74 Å². The van der Waals surface area contributed by atoms with Crippen LogP contribution in [0.3, 0.4) is 0 Å². The fourth-order valence-electron chi connectivity index (χ4n) is 1.70. The van der Waals surface area contributed by atoms with Crippen LogP contribution in [0.5, 0.6) is 0 Å². The Morgan fingerprint density at radius 2 is 2.71 bits per heavy atom. The normalized spacial score (nSPS) is 23.9. The van der Waals surface area contributed by atoms with E-state index in [1.807, 2.05) is 12.4 Å². The molecule has 1 aliphatic rings. The summed E-state index contributed by atoms with van der Waals surface area (Å²) in [5.74, 6) is 0.685. The van der Waals surface area contributed by atoms with Gasteiger partial charge < -0.3 is 10.1 Å². The van der Waals surface area contributed by atoms with E-state index >= 15 is 0 Å². The standard InChI is InChI=1S/C10H17N3O/c1-8(10-5-12-13-6-10)11-4-9-2-3-14-7-9/h5-6,8-9,11H,2-4,7H2,1H3,(H,12,13). The Hall–Kier alpha value is -0.870. The zero-order valence-corrected chi connectivity index (χ0v) is 8.49. The van der Waals surface area contributed by atoms with Crippen LogP contribution in [0.1, 0.15) is 24.9 Å². The number of nitrogens with zero attached hydrogens (tertiary/aromatic N) is 1. The van der Waals surface area contributed by atoms with Gasteiger partial charge in [0.2, 0.25) is 0 Å². The van der Waals surface area contributed by atoms with E-state index < -0.39 is 0 Å². The number of H-pyrrole nitrogens is 1. The van der Waals surface area contributed by atoms with Crippen molar-refractivity contribution in [3.05, 3.63) is 18.0 Å². The van der Waals surface area contributed by atoms with Crippen molar-refractivity contribution in [3.63, 3.8) is 0 Å². The molecule has 0 aromatic carbocycles. The second-order valence-electron chi connectivity index (χ2n) is 3.89. The van der Waals surface area contributed by atoms with Crippen molar-refractivity contribution in [1.29, 1.82) is 0 Å². The van der Waals surface area contributed by atoms with E-state index in [1.165, 1.54) is 12.0 Å². The van der Waals surface area contributed by atoms with Crippen LogP contribution in [0.2, 0.25) is 0 Å². The molecule has 0 saturated carbocycles. The van der Waals surface area contributed by atoms with Crippen LogP contribution in [0.4, 0.5) is 0 Å². The fourth-order valence-corrected chi connectivity index (χ4v) is 1.70. The highest BCUT2D eigenvalue weighted by Gasteiger charge is 2.16. The summed E-state index contributed by atoms with van der Waals surface area (Å²) >= 11 is 0. The van der Waals surface area contributed by atoms with E-state index in [0.29, 0.717) is 12.0 Å². The lowest BCUT2D eigenvalue weighted by atomic mass is 10.1. The quantitative estimate of drug-likeness (QED) is 0.756. The van der Waals surface area contributed by atoms with Crippen LogP contribution in [0.25, 0.3) is 0 Å². The van der Waals surface area contributed by atoms with Crippen LogP contribution < -0.4 is 5.32 Å². The summed E-state index contributed by atoms with van der Waals surface area (Å²) in [6.07, 6.45) is 4.98. The molecule has 1 aliphatic heterocycles. The molecule has 2 atom stereocenters. The van der Waals surface area contributed by atoms with Crippen molar-refractivity contribution in [2.24, 2.45) is 5.92 Å². The van der Waals surface area contributed by atoms with Crippen LogP contribution >= 0.6 is 0 Å². The highest BCUT2D eigenvalue weighted by molar-refractivity contribution is 5.07. The highest BCUT2D eigenvalue weighted by Crippen LogP contribution is 2.14. The van der Waals surface area contributed by atoms with Crippen molar-refractivity contribution in [2.45, 2.75) is 19.4 Å². The van der Waals surface area contributed by atoms with Gasteiger partial charge in [-0.3, -0.25) is 5.10 Å². The molecule has 2 heterocycles. The monoisotopic (exact) mass is 195 g/mol. The van der Waals surface area contributed by atoms with Gasteiger partial charge in [0.1, 0.15) is 0 Å². The number of rotatable bonds is 4. The van der Waals surface area contributed by atoms with Crippen LogP contribution in [0, 0.1) is 5.92 Å². The first-order valence-electron chi connectivity index (χ1n) is 5.16. The summed E-state index contributed by atoms with van der Waals surface area (Å²) in [5.41, 5.74) is 1.21. The lowest BCUT2D eigenvalue weighted by Gasteiger charge is -2.14. The van der Waals surface area contributed by atoms with E-state index in [0.717, 1.165) is 19.8 Å². The predicted octanol–water partition coefficient (Wildman–Crippen LogP) is 1.10. The summed E-state index contributed by atoms with van der Waals surface area (Å²) in [7, 11) is 0. The summed E-state index contributed by atoms with van der Waals surface area (Å²) in [5, 5.41) is 10.2. The molecule has 4 heteroatoms. The molecule has 4 nitrogen and oxygen atoms in total. The van der Waals surface area contributed by atoms with Gasteiger partial charge in [-0.15, -0.1) is 0 Å². The molecule has 0 aliphatic carbocycles. The summed E-state index contributed by atoms with van der Waals surface area (Å²) < 4.78 is 5.32. The Balaban J connectivity index is 1.74. The van der Waals surface area contributed by atoms with Gasteiger partial charge in [0.25, 0.3) is 0 Å². The number of aromatic amines is 1. The molecule has 0 bridgehead atoms. The van der Waals surface area contributed by atoms with Crippen LogP contribution in [0.15, 0.2) is 12.4 Å². The lowest BCUT2D eigenvalue weighted by molar-refractivity contribution is 0.184. The van der Waals surface area contributed by atoms with E-state index in [-0.39, 0.29) is 0 Å². The Kier molecular flexibility index (Phi) is 3.16. The molecule has 0 spiro atoms. The summed E-state index contributed by atoms with van der Waals surface area (Å²) in [4.78, 5) is 0. The minimum absolute atomic E-state index is 0.370. The van der Waals surface area contributed by atoms with Crippen molar-refractivity contribution in [2.75, 3.05) is 19.8 Å². The zero-order valence-electron chi connectivity index (χ0n) is 8.49. The molecule has 14 heavy (non-hydrogen) atoms. The van der Waals surface area contributed by atoms with E-state index in [4.69, 9.17) is 4.74 Å². The number of aromatic nitrogens is 2. The molecular formula is C10H17N3O. The summed E-state index contributed by atoms with van der Waals surface area (Å²) in [6.45, 7) is 5.02. The first-order chi connectivity index (χ1) is 6.86. The molecule has 78 valence electrons. The number of hydrogen-bond donors (Lipinski definition) is 2. The van der Waals surface area contributed by atoms with E-state index in [9.17, 15) is 0 Å². The number of ether oxygens (including phenoxy) is 1. The smallest absolute Gasteiger partial charge is 0.0534 e. The summed E-state index contributed by atoms with van der Waals surface area (Å²) in [6, 6.07) is 0.370. The molecule has 0 amide bonds. The lowest BCUT2D eigenvalue weighted by Crippen LogP contribution is -2.25. The molecule has 1 aromatic heterocycles. The molecule has 2 N–H and O–H groups in total. The van der Waals surface area contributed by atoms with Gasteiger partial charge >= 0.3 is 0 Å². The van der Waals surface area contributed by atoms with Gasteiger partial charge in [0.05, 0.1) is 12.8 Å². The molecule has 0 radical (unpaired) electrons. The Bertz CT molecular complexity index is 254. The molecular weight excluding hydrogens is 178 g/mol. The molecule has 2 unspecified atom stereocenters. The van der Waals surface area contributed by atoms with Gasteiger partial charge in [0, 0.05) is 31.0 Å². The maximum absolute atomic E-state index is 5.32. The minimum atomic E-state index is 0.370. The first-order valence-corrected chi connectivity index (χ1v) is 5.16. The Morgan fingerprint density at radius 3 is 3.36 bits per heavy atom. The van der Waals surface area contributed by atoms with Gasteiger partial charge in [-0.25, -0.2) is 0 Å². The fraction of sp³-hybridized carbons (Fsp3) is 0.700. The average Bonchev–Trinajstić information content (AvgIpc) is 2.87.